The Morgan fingerprint density at radius 3 is 2.57 bits per heavy atom. The maximum atomic E-state index is 8.74. The van der Waals surface area contributed by atoms with Crippen molar-refractivity contribution in [1.29, 1.82) is 0 Å². The minimum Gasteiger partial charge on any atom is -0.395 e. The Morgan fingerprint density at radius 2 is 2.07 bits per heavy atom. The predicted molar refractivity (Wildman–Crippen MR) is 56.3 cm³/mol. The first-order valence-corrected chi connectivity index (χ1v) is 4.95. The highest BCUT2D eigenvalue weighted by atomic mass is 16.3. The standard InChI is InChI=1S/C10H19N3O/c1-8-10(9(2)12-11-8)4-5-13(3)6-7-14/h14H,4-7H2,1-3H3,(H,11,12). The van der Waals surface area contributed by atoms with Crippen molar-refractivity contribution in [1.82, 2.24) is 15.1 Å². The Balaban J connectivity index is 2.45. The molecule has 0 unspecified atom stereocenters. The molecule has 0 saturated carbocycles. The maximum absolute atomic E-state index is 8.74. The lowest BCUT2D eigenvalue weighted by Crippen LogP contribution is -2.24. The predicted octanol–water partition coefficient (Wildman–Crippen LogP) is 0.493. The fourth-order valence-electron chi connectivity index (χ4n) is 1.53. The lowest BCUT2D eigenvalue weighted by atomic mass is 10.1. The summed E-state index contributed by atoms with van der Waals surface area (Å²) in [6, 6.07) is 0. The minimum atomic E-state index is 0.222. The van der Waals surface area contributed by atoms with Gasteiger partial charge in [-0.05, 0) is 32.9 Å². The van der Waals surface area contributed by atoms with E-state index in [0.717, 1.165) is 30.9 Å². The Hall–Kier alpha value is -0.870. The van der Waals surface area contributed by atoms with Gasteiger partial charge in [-0.3, -0.25) is 5.10 Å². The number of rotatable bonds is 5. The van der Waals surface area contributed by atoms with Crippen LogP contribution in [-0.2, 0) is 6.42 Å². The summed E-state index contributed by atoms with van der Waals surface area (Å²) in [5, 5.41) is 15.9. The van der Waals surface area contributed by atoms with E-state index in [0.29, 0.717) is 0 Å². The molecule has 0 aliphatic rings. The van der Waals surface area contributed by atoms with Crippen LogP contribution in [0.2, 0.25) is 0 Å². The monoisotopic (exact) mass is 197 g/mol. The second kappa shape index (κ2) is 5.12. The van der Waals surface area contributed by atoms with Gasteiger partial charge in [-0.1, -0.05) is 0 Å². The smallest absolute Gasteiger partial charge is 0.0626 e. The number of likely N-dealkylation sites (N-methyl/N-ethyl adjacent to an activating group) is 1. The molecule has 0 fully saturated rings. The molecular formula is C10H19N3O. The minimum absolute atomic E-state index is 0.222. The molecule has 1 aromatic heterocycles. The van der Waals surface area contributed by atoms with E-state index in [1.54, 1.807) is 0 Å². The first-order chi connectivity index (χ1) is 6.65. The normalized spacial score (nSPS) is 11.2. The van der Waals surface area contributed by atoms with Crippen LogP contribution in [0.4, 0.5) is 0 Å². The summed E-state index contributed by atoms with van der Waals surface area (Å²) in [6.07, 6.45) is 0.991. The van der Waals surface area contributed by atoms with Crippen LogP contribution in [0.3, 0.4) is 0 Å². The van der Waals surface area contributed by atoms with E-state index in [-0.39, 0.29) is 6.61 Å². The van der Waals surface area contributed by atoms with Gasteiger partial charge >= 0.3 is 0 Å². The van der Waals surface area contributed by atoms with Crippen LogP contribution in [0.5, 0.6) is 0 Å². The van der Waals surface area contributed by atoms with Crippen LogP contribution in [0.25, 0.3) is 0 Å². The highest BCUT2D eigenvalue weighted by Gasteiger charge is 2.06. The molecule has 1 heterocycles. The average Bonchev–Trinajstić information content (AvgIpc) is 2.44. The number of hydrogen-bond donors (Lipinski definition) is 2. The molecule has 1 rings (SSSR count). The molecule has 2 N–H and O–H groups in total. The summed E-state index contributed by atoms with van der Waals surface area (Å²) in [6.45, 7) is 5.98. The molecule has 0 atom stereocenters. The van der Waals surface area contributed by atoms with Crippen LogP contribution in [0, 0.1) is 13.8 Å². The maximum Gasteiger partial charge on any atom is 0.0626 e. The van der Waals surface area contributed by atoms with Gasteiger partial charge in [0.05, 0.1) is 12.3 Å². The van der Waals surface area contributed by atoms with Crippen LogP contribution >= 0.6 is 0 Å². The highest BCUT2D eigenvalue weighted by Crippen LogP contribution is 2.09. The fraction of sp³-hybridized carbons (Fsp3) is 0.700. The molecule has 0 radical (unpaired) electrons. The van der Waals surface area contributed by atoms with Crippen LogP contribution < -0.4 is 0 Å². The van der Waals surface area contributed by atoms with Gasteiger partial charge in [0, 0.05) is 18.8 Å². The molecule has 0 spiro atoms. The average molecular weight is 197 g/mol. The molecule has 0 aliphatic heterocycles. The van der Waals surface area contributed by atoms with Gasteiger partial charge in [-0.2, -0.15) is 5.10 Å². The van der Waals surface area contributed by atoms with Crippen molar-refractivity contribution in [3.8, 4) is 0 Å². The number of aryl methyl sites for hydroxylation is 2. The lowest BCUT2D eigenvalue weighted by Gasteiger charge is -2.14. The number of aliphatic hydroxyl groups excluding tert-OH is 1. The number of nitrogens with one attached hydrogen (secondary N) is 1. The van der Waals surface area contributed by atoms with Gasteiger partial charge in [0.15, 0.2) is 0 Å². The molecule has 0 bridgehead atoms. The molecule has 0 amide bonds. The molecule has 4 heteroatoms. The number of aliphatic hydroxyl groups is 1. The first kappa shape index (κ1) is 11.2. The van der Waals surface area contributed by atoms with Crippen molar-refractivity contribution < 1.29 is 5.11 Å². The topological polar surface area (TPSA) is 52.2 Å². The number of aromatic amines is 1. The van der Waals surface area contributed by atoms with Crippen LogP contribution in [0.1, 0.15) is 17.0 Å². The van der Waals surface area contributed by atoms with Crippen molar-refractivity contribution in [2.24, 2.45) is 0 Å². The van der Waals surface area contributed by atoms with E-state index in [9.17, 15) is 0 Å². The van der Waals surface area contributed by atoms with Crippen molar-refractivity contribution in [3.05, 3.63) is 17.0 Å². The third-order valence-corrected chi connectivity index (χ3v) is 2.51. The Labute approximate surface area is 84.9 Å². The molecule has 80 valence electrons. The van der Waals surface area contributed by atoms with E-state index >= 15 is 0 Å². The fourth-order valence-corrected chi connectivity index (χ4v) is 1.53. The molecule has 4 nitrogen and oxygen atoms in total. The molecule has 0 saturated heterocycles. The summed E-state index contributed by atoms with van der Waals surface area (Å²) in [7, 11) is 2.01. The van der Waals surface area contributed by atoms with E-state index < -0.39 is 0 Å². The summed E-state index contributed by atoms with van der Waals surface area (Å²) in [4.78, 5) is 2.12. The molecular weight excluding hydrogens is 178 g/mol. The summed E-state index contributed by atoms with van der Waals surface area (Å²) < 4.78 is 0. The summed E-state index contributed by atoms with van der Waals surface area (Å²) >= 11 is 0. The molecule has 0 aromatic carbocycles. The zero-order chi connectivity index (χ0) is 10.6. The summed E-state index contributed by atoms with van der Waals surface area (Å²) in [5.41, 5.74) is 3.54. The molecule has 0 aliphatic carbocycles. The first-order valence-electron chi connectivity index (χ1n) is 4.95. The third kappa shape index (κ3) is 2.82. The van der Waals surface area contributed by atoms with Crippen LogP contribution in [0.15, 0.2) is 0 Å². The molecule has 14 heavy (non-hydrogen) atoms. The Kier molecular flexibility index (Phi) is 4.10. The van der Waals surface area contributed by atoms with Crippen molar-refractivity contribution in [3.63, 3.8) is 0 Å². The quantitative estimate of drug-likeness (QED) is 0.722. The third-order valence-electron chi connectivity index (χ3n) is 2.51. The van der Waals surface area contributed by atoms with E-state index in [1.807, 2.05) is 20.9 Å². The van der Waals surface area contributed by atoms with Gasteiger partial charge in [-0.15, -0.1) is 0 Å². The van der Waals surface area contributed by atoms with Crippen molar-refractivity contribution >= 4 is 0 Å². The number of H-pyrrole nitrogens is 1. The highest BCUT2D eigenvalue weighted by molar-refractivity contribution is 5.23. The number of nitrogens with zero attached hydrogens (tertiary/aromatic N) is 2. The largest absolute Gasteiger partial charge is 0.395 e. The van der Waals surface area contributed by atoms with Gasteiger partial charge < -0.3 is 10.0 Å². The zero-order valence-electron chi connectivity index (χ0n) is 9.17. The van der Waals surface area contributed by atoms with Crippen molar-refractivity contribution in [2.75, 3.05) is 26.7 Å². The van der Waals surface area contributed by atoms with Gasteiger partial charge in [0.25, 0.3) is 0 Å². The van der Waals surface area contributed by atoms with E-state index in [4.69, 9.17) is 5.11 Å². The van der Waals surface area contributed by atoms with Crippen LogP contribution in [-0.4, -0.2) is 46.9 Å². The number of hydrogen-bond acceptors (Lipinski definition) is 3. The second-order valence-corrected chi connectivity index (χ2v) is 3.69. The van der Waals surface area contributed by atoms with Gasteiger partial charge in [0.2, 0.25) is 0 Å². The zero-order valence-corrected chi connectivity index (χ0v) is 9.17. The van der Waals surface area contributed by atoms with Gasteiger partial charge in [0.1, 0.15) is 0 Å². The lowest BCUT2D eigenvalue weighted by molar-refractivity contribution is 0.223. The van der Waals surface area contributed by atoms with Crippen molar-refractivity contribution in [2.45, 2.75) is 20.3 Å². The second-order valence-electron chi connectivity index (χ2n) is 3.69. The Morgan fingerprint density at radius 1 is 1.36 bits per heavy atom. The SMILES string of the molecule is Cc1n[nH]c(C)c1CCN(C)CCO. The van der Waals surface area contributed by atoms with E-state index in [1.165, 1.54) is 5.56 Å². The van der Waals surface area contributed by atoms with E-state index in [2.05, 4.69) is 15.1 Å². The van der Waals surface area contributed by atoms with Gasteiger partial charge in [-0.25, -0.2) is 0 Å². The summed E-state index contributed by atoms with van der Waals surface area (Å²) in [5.74, 6) is 0. The number of aromatic nitrogens is 2. The molecule has 1 aromatic rings. The Bertz CT molecular complexity index is 263.